The van der Waals surface area contributed by atoms with Gasteiger partial charge < -0.3 is 14.4 Å². The van der Waals surface area contributed by atoms with E-state index in [-0.39, 0.29) is 45.2 Å². The second kappa shape index (κ2) is 25.3. The van der Waals surface area contributed by atoms with Gasteiger partial charge in [-0.05, 0) is 196 Å². The molecule has 4 heterocycles. The largest absolute Gasteiger partial charge is 0.416 e. The van der Waals surface area contributed by atoms with Crippen LogP contribution in [0, 0.1) is 0 Å². The summed E-state index contributed by atoms with van der Waals surface area (Å²) in [6, 6.07) is 91.5. The molecule has 0 atom stereocenters. The molecule has 0 unspecified atom stereocenters. The fraction of sp³-hybridized carbons (Fsp3) is 0.219. The van der Waals surface area contributed by atoms with Crippen molar-refractivity contribution in [1.29, 1.82) is 0 Å². The first-order valence-corrected chi connectivity index (χ1v) is 37.0. The Kier molecular flexibility index (Phi) is 16.6. The Morgan fingerprint density at radius 3 is 1.06 bits per heavy atom. The summed E-state index contributed by atoms with van der Waals surface area (Å²) in [5.41, 5.74) is 25.1. The van der Waals surface area contributed by atoms with E-state index in [1.807, 2.05) is 60.7 Å². The summed E-state index contributed by atoms with van der Waals surface area (Å²) in [7, 11) is 0. The quantitative estimate of drug-likeness (QED) is 0.135. The molecule has 12 aromatic carbocycles. The molecular weight excluding hydrogens is 1300 g/mol. The van der Waals surface area contributed by atoms with Crippen LogP contribution in [0.4, 0.5) is 47.3 Å². The molecule has 2 aliphatic rings. The molecule has 2 aromatic heterocycles. The summed E-state index contributed by atoms with van der Waals surface area (Å²) in [6.07, 6.45) is -4.68. The zero-order valence-corrected chi connectivity index (χ0v) is 63.2. The summed E-state index contributed by atoms with van der Waals surface area (Å²) >= 11 is 0. The fourth-order valence-electron chi connectivity index (χ4n) is 15.5. The Hall–Kier alpha value is -11.1. The number of fused-ring (bicyclic) bond motifs is 7. The lowest BCUT2D eigenvalue weighted by Gasteiger charge is -2.44. The molecule has 2 aliphatic heterocycles. The van der Waals surface area contributed by atoms with E-state index < -0.39 is 11.7 Å². The molecule has 526 valence electrons. The molecule has 0 fully saturated rings. The number of hydrogen-bond acceptors (Lipinski definition) is 5. The molecule has 0 aliphatic carbocycles. The zero-order chi connectivity index (χ0) is 74.3. The molecule has 0 radical (unpaired) electrons. The van der Waals surface area contributed by atoms with E-state index in [0.29, 0.717) is 28.5 Å². The molecule has 0 saturated heterocycles. The number of alkyl halides is 3. The number of para-hydroxylation sites is 2. The molecule has 14 aromatic rings. The molecule has 106 heavy (non-hydrogen) atoms. The Morgan fingerprint density at radius 1 is 0.274 bits per heavy atom. The monoisotopic (exact) mass is 1390 g/mol. The lowest BCUT2D eigenvalue weighted by Crippen LogP contribution is -2.61. The Morgan fingerprint density at radius 2 is 0.632 bits per heavy atom. The molecule has 10 heteroatoms. The van der Waals surface area contributed by atoms with E-state index in [2.05, 4.69) is 300 Å². The van der Waals surface area contributed by atoms with E-state index in [1.54, 1.807) is 6.07 Å². The highest BCUT2D eigenvalue weighted by atomic mass is 19.4. The van der Waals surface area contributed by atoms with Crippen LogP contribution in [0.2, 0.25) is 0 Å². The van der Waals surface area contributed by atoms with Crippen LogP contribution in [0.3, 0.4) is 0 Å². The number of aromatic nitrogens is 4. The van der Waals surface area contributed by atoms with Crippen molar-refractivity contribution in [3.8, 4) is 73.2 Å². The van der Waals surface area contributed by atoms with Crippen molar-refractivity contribution in [3.05, 3.63) is 294 Å². The molecule has 0 saturated carbocycles. The Balaban J connectivity index is 0.979. The second-order valence-corrected chi connectivity index (χ2v) is 34.2. The topological polar surface area (TPSA) is 50.1 Å². The minimum Gasteiger partial charge on any atom is -0.311 e. The van der Waals surface area contributed by atoms with Crippen molar-refractivity contribution in [2.45, 2.75) is 137 Å². The molecule has 0 spiro atoms. The van der Waals surface area contributed by atoms with E-state index in [0.717, 1.165) is 83.7 Å². The molecule has 6 nitrogen and oxygen atoms in total. The van der Waals surface area contributed by atoms with Gasteiger partial charge in [0.2, 0.25) is 0 Å². The molecule has 0 bridgehead atoms. The van der Waals surface area contributed by atoms with Gasteiger partial charge in [-0.2, -0.15) is 13.2 Å². The molecule has 0 amide bonds. The Bertz CT molecular complexity index is 5470. The van der Waals surface area contributed by atoms with E-state index in [4.69, 9.17) is 15.0 Å². The van der Waals surface area contributed by atoms with Gasteiger partial charge in [0, 0.05) is 61.6 Å². The molecule has 16 rings (SSSR count). The van der Waals surface area contributed by atoms with Crippen molar-refractivity contribution in [2.75, 3.05) is 9.80 Å². The predicted octanol–water partition coefficient (Wildman–Crippen LogP) is 24.6. The van der Waals surface area contributed by atoms with Gasteiger partial charge in [0.25, 0.3) is 6.71 Å². The zero-order valence-electron chi connectivity index (χ0n) is 63.2. The third-order valence-electron chi connectivity index (χ3n) is 21.6. The first-order valence-electron chi connectivity index (χ1n) is 37.0. The average Bonchev–Trinajstić information content (AvgIpc) is 0.836. The minimum absolute atomic E-state index is 0.100. The average molecular weight is 1390 g/mol. The maximum Gasteiger partial charge on any atom is 0.416 e. The molecular formula is C96H88BF3N6. The van der Waals surface area contributed by atoms with Gasteiger partial charge in [-0.25, -0.2) is 15.0 Å². The summed E-state index contributed by atoms with van der Waals surface area (Å²) in [5, 5.41) is 1.89. The number of nitrogens with zero attached hydrogens (tertiary/aromatic N) is 6. The number of hydrogen-bond donors (Lipinski definition) is 0. The van der Waals surface area contributed by atoms with Crippen LogP contribution in [0.25, 0.3) is 95.0 Å². The van der Waals surface area contributed by atoms with E-state index in [1.165, 1.54) is 61.9 Å². The van der Waals surface area contributed by atoms with Crippen LogP contribution in [0.15, 0.2) is 261 Å². The van der Waals surface area contributed by atoms with Gasteiger partial charge in [-0.3, -0.25) is 0 Å². The summed E-state index contributed by atoms with van der Waals surface area (Å²) in [6.45, 7) is 34.1. The normalized spacial score (nSPS) is 13.3. The number of halogens is 3. The summed E-state index contributed by atoms with van der Waals surface area (Å²) in [4.78, 5) is 20.1. The summed E-state index contributed by atoms with van der Waals surface area (Å²) in [5.74, 6) is 0.800. The van der Waals surface area contributed by atoms with Crippen LogP contribution in [0.1, 0.15) is 137 Å². The third-order valence-corrected chi connectivity index (χ3v) is 21.6. The highest BCUT2D eigenvalue weighted by Crippen LogP contribution is 2.50. The SMILES string of the molecule is CC(C)(C)c1cc(-c2ccc3c(c2)N(c2ccccc2)c2cc(-c4ccc5c(c4)c4cc(C(C)(C)C)ccc4n5-c4ccc(C(F)(F)F)cc4-c4nc(-c5ccccc5)nc(-c5ccccc5)n4)cc4c2B3c2ccc(-c3cc(C(C)(C)C)cc(C(C)(C)C)c3)cc2N4c2ccccc2)cc(C(C)(C)C)c1. The van der Waals surface area contributed by atoms with Gasteiger partial charge in [-0.15, -0.1) is 0 Å². The van der Waals surface area contributed by atoms with Crippen LogP contribution >= 0.6 is 0 Å². The maximum absolute atomic E-state index is 15.4. The standard InChI is InChI=1S/C96H88BF3N6/c1-91(2,3)67-39-44-81-76(57-67)75-50-61(38-43-80(75)106(81)82-45-40-68(96(98,99)100)58-77(82)90-102-88(59-28-20-16-21-29-59)101-89(103-90)60-30-22-17-23-31-60)66-53-85-87-86(54-66)105(74-34-26-19-27-35-74)84-52-63(65-48-71(94(10,11)12)56-72(49-65)95(13,14)15)37-42-79(84)97(87)78-41-36-62(51-83(78)104(85)73-32-24-18-25-33-73)64-46-69(92(4,5)6)55-70(47-64)93(7,8)9/h16-58H,1-15H3. The third kappa shape index (κ3) is 12.6. The number of rotatable bonds is 9. The van der Waals surface area contributed by atoms with Crippen LogP contribution < -0.4 is 26.2 Å². The van der Waals surface area contributed by atoms with Crippen molar-refractivity contribution in [2.24, 2.45) is 0 Å². The van der Waals surface area contributed by atoms with Crippen molar-refractivity contribution in [3.63, 3.8) is 0 Å². The van der Waals surface area contributed by atoms with Crippen LogP contribution in [-0.4, -0.2) is 26.2 Å². The summed E-state index contributed by atoms with van der Waals surface area (Å²) < 4.78 is 48.3. The van der Waals surface area contributed by atoms with Gasteiger partial charge in [0.05, 0.1) is 22.3 Å². The van der Waals surface area contributed by atoms with E-state index >= 15 is 13.2 Å². The molecule has 0 N–H and O–H groups in total. The number of benzene rings is 12. The first kappa shape index (κ1) is 69.3. The smallest absolute Gasteiger partial charge is 0.311 e. The maximum atomic E-state index is 15.4. The number of anilines is 6. The van der Waals surface area contributed by atoms with Gasteiger partial charge in [-0.1, -0.05) is 274 Å². The van der Waals surface area contributed by atoms with Crippen molar-refractivity contribution < 1.29 is 13.2 Å². The van der Waals surface area contributed by atoms with Gasteiger partial charge >= 0.3 is 6.18 Å². The first-order chi connectivity index (χ1) is 50.3. The van der Waals surface area contributed by atoms with Crippen molar-refractivity contribution in [1.82, 2.24) is 19.5 Å². The van der Waals surface area contributed by atoms with E-state index in [9.17, 15) is 0 Å². The predicted molar refractivity (Wildman–Crippen MR) is 439 cm³/mol. The Labute approximate surface area is 622 Å². The fourth-order valence-corrected chi connectivity index (χ4v) is 15.5. The second-order valence-electron chi connectivity index (χ2n) is 34.2. The van der Waals surface area contributed by atoms with Crippen molar-refractivity contribution >= 4 is 79.0 Å². The lowest BCUT2D eigenvalue weighted by molar-refractivity contribution is -0.137. The van der Waals surface area contributed by atoms with Crippen LogP contribution in [0.5, 0.6) is 0 Å². The minimum atomic E-state index is -4.68. The highest BCUT2D eigenvalue weighted by Gasteiger charge is 2.45. The van der Waals surface area contributed by atoms with Gasteiger partial charge in [0.15, 0.2) is 17.5 Å². The highest BCUT2D eigenvalue weighted by molar-refractivity contribution is 7.00. The van der Waals surface area contributed by atoms with Crippen LogP contribution in [-0.2, 0) is 33.3 Å². The van der Waals surface area contributed by atoms with Gasteiger partial charge in [0.1, 0.15) is 0 Å². The lowest BCUT2D eigenvalue weighted by atomic mass is 9.33.